The van der Waals surface area contributed by atoms with Gasteiger partial charge in [0, 0.05) is 6.42 Å². The summed E-state index contributed by atoms with van der Waals surface area (Å²) in [6, 6.07) is 9.45. The molecule has 4 heteroatoms. The van der Waals surface area contributed by atoms with Gasteiger partial charge in [0.15, 0.2) is 5.82 Å². The van der Waals surface area contributed by atoms with Crippen molar-refractivity contribution in [3.63, 3.8) is 0 Å². The van der Waals surface area contributed by atoms with E-state index in [0.29, 0.717) is 11.7 Å². The molecule has 0 aliphatic rings. The summed E-state index contributed by atoms with van der Waals surface area (Å²) in [6.45, 7) is 2.07. The topological polar surface area (TPSA) is 64.9 Å². The Labute approximate surface area is 94.5 Å². The third-order valence-corrected chi connectivity index (χ3v) is 2.38. The molecule has 0 bridgehead atoms. The predicted octanol–water partition coefficient (Wildman–Crippen LogP) is 2.07. The second-order valence-corrected chi connectivity index (χ2v) is 3.68. The highest BCUT2D eigenvalue weighted by Gasteiger charge is 2.15. The quantitative estimate of drug-likeness (QED) is 0.851. The molecule has 0 radical (unpaired) electrons. The molecule has 0 fully saturated rings. The summed E-state index contributed by atoms with van der Waals surface area (Å²) in [5.41, 5.74) is 7.03. The maximum atomic E-state index is 6.04. The van der Waals surface area contributed by atoms with Crippen LogP contribution >= 0.6 is 0 Å². The summed E-state index contributed by atoms with van der Waals surface area (Å²) in [4.78, 5) is 4.27. The van der Waals surface area contributed by atoms with E-state index < -0.39 is 0 Å². The van der Waals surface area contributed by atoms with E-state index in [2.05, 4.69) is 17.1 Å². The van der Waals surface area contributed by atoms with Gasteiger partial charge in [0.05, 0.1) is 6.04 Å². The molecule has 1 aromatic heterocycles. The third kappa shape index (κ3) is 2.28. The van der Waals surface area contributed by atoms with Gasteiger partial charge in [-0.25, -0.2) is 0 Å². The first-order chi connectivity index (χ1) is 7.81. The Morgan fingerprint density at radius 2 is 2.06 bits per heavy atom. The number of nitrogens with zero attached hydrogens (tertiary/aromatic N) is 2. The van der Waals surface area contributed by atoms with E-state index in [1.165, 1.54) is 0 Å². The molecule has 0 aliphatic heterocycles. The summed E-state index contributed by atoms with van der Waals surface area (Å²) < 4.78 is 5.11. The fourth-order valence-corrected chi connectivity index (χ4v) is 1.52. The summed E-state index contributed by atoms with van der Waals surface area (Å²) in [6.07, 6.45) is 1.79. The van der Waals surface area contributed by atoms with Crippen LogP contribution in [0.5, 0.6) is 0 Å². The fourth-order valence-electron chi connectivity index (χ4n) is 1.52. The monoisotopic (exact) mass is 217 g/mol. The summed E-state index contributed by atoms with van der Waals surface area (Å²) in [5.74, 6) is 1.21. The Bertz CT molecular complexity index is 439. The van der Waals surface area contributed by atoms with Crippen LogP contribution in [0.1, 0.15) is 36.7 Å². The minimum Gasteiger partial charge on any atom is -0.339 e. The molecule has 4 nitrogen and oxygen atoms in total. The van der Waals surface area contributed by atoms with E-state index in [1.54, 1.807) is 0 Å². The van der Waals surface area contributed by atoms with E-state index in [1.807, 2.05) is 30.3 Å². The zero-order valence-electron chi connectivity index (χ0n) is 9.26. The highest BCUT2D eigenvalue weighted by Crippen LogP contribution is 2.16. The van der Waals surface area contributed by atoms with Crippen molar-refractivity contribution < 1.29 is 4.52 Å². The maximum absolute atomic E-state index is 6.04. The summed E-state index contributed by atoms with van der Waals surface area (Å²) >= 11 is 0. The Balaban J connectivity index is 2.17. The lowest BCUT2D eigenvalue weighted by atomic mass is 10.1. The number of benzene rings is 1. The molecule has 0 unspecified atom stereocenters. The van der Waals surface area contributed by atoms with Crippen LogP contribution in [0, 0.1) is 0 Å². The van der Waals surface area contributed by atoms with Crippen molar-refractivity contribution in [2.75, 3.05) is 0 Å². The normalized spacial score (nSPS) is 12.6. The van der Waals surface area contributed by atoms with Crippen LogP contribution in [0.25, 0.3) is 0 Å². The van der Waals surface area contributed by atoms with Crippen molar-refractivity contribution >= 4 is 0 Å². The first-order valence-corrected chi connectivity index (χ1v) is 5.44. The highest BCUT2D eigenvalue weighted by molar-refractivity contribution is 5.23. The molecule has 0 saturated heterocycles. The van der Waals surface area contributed by atoms with Gasteiger partial charge in [0.25, 0.3) is 0 Å². The molecular weight excluding hydrogens is 202 g/mol. The smallest absolute Gasteiger partial charge is 0.226 e. The second kappa shape index (κ2) is 4.90. The maximum Gasteiger partial charge on any atom is 0.226 e. The van der Waals surface area contributed by atoms with Crippen molar-refractivity contribution in [2.24, 2.45) is 5.73 Å². The number of rotatable bonds is 4. The molecule has 0 aliphatic carbocycles. The minimum absolute atomic E-state index is 0.310. The van der Waals surface area contributed by atoms with E-state index >= 15 is 0 Å². The highest BCUT2D eigenvalue weighted by atomic mass is 16.5. The lowest BCUT2D eigenvalue weighted by Gasteiger charge is -2.05. The Morgan fingerprint density at radius 3 is 2.75 bits per heavy atom. The van der Waals surface area contributed by atoms with Gasteiger partial charge in [-0.1, -0.05) is 42.4 Å². The molecule has 84 valence electrons. The van der Waals surface area contributed by atoms with Crippen molar-refractivity contribution in [3.8, 4) is 0 Å². The Kier molecular flexibility index (Phi) is 3.31. The molecule has 0 spiro atoms. The Hall–Kier alpha value is -1.68. The molecular formula is C12H15N3O. The SMILES string of the molecule is CCCc1nc([C@@H](N)c2ccccc2)no1. The van der Waals surface area contributed by atoms with Crippen LogP contribution in [-0.4, -0.2) is 10.1 Å². The molecule has 16 heavy (non-hydrogen) atoms. The van der Waals surface area contributed by atoms with E-state index in [4.69, 9.17) is 10.3 Å². The Morgan fingerprint density at radius 1 is 1.31 bits per heavy atom. The van der Waals surface area contributed by atoms with Crippen molar-refractivity contribution in [1.29, 1.82) is 0 Å². The van der Waals surface area contributed by atoms with Gasteiger partial charge in [0.1, 0.15) is 0 Å². The van der Waals surface area contributed by atoms with Gasteiger partial charge in [-0.2, -0.15) is 4.98 Å². The zero-order valence-corrected chi connectivity index (χ0v) is 9.26. The van der Waals surface area contributed by atoms with Crippen LogP contribution in [0.4, 0.5) is 0 Å². The van der Waals surface area contributed by atoms with Crippen LogP contribution in [0.15, 0.2) is 34.9 Å². The van der Waals surface area contributed by atoms with Gasteiger partial charge in [-0.15, -0.1) is 0 Å². The van der Waals surface area contributed by atoms with E-state index in [9.17, 15) is 0 Å². The van der Waals surface area contributed by atoms with Crippen molar-refractivity contribution in [1.82, 2.24) is 10.1 Å². The van der Waals surface area contributed by atoms with E-state index in [-0.39, 0.29) is 6.04 Å². The van der Waals surface area contributed by atoms with Gasteiger partial charge in [-0.05, 0) is 12.0 Å². The standard InChI is InChI=1S/C12H15N3O/c1-2-6-10-14-12(15-16-10)11(13)9-7-4-3-5-8-9/h3-5,7-8,11H,2,6,13H2,1H3/t11-/m0/s1. The van der Waals surface area contributed by atoms with Crippen LogP contribution in [0.3, 0.4) is 0 Å². The zero-order chi connectivity index (χ0) is 11.4. The molecule has 1 atom stereocenters. The fraction of sp³-hybridized carbons (Fsp3) is 0.333. The molecule has 0 amide bonds. The van der Waals surface area contributed by atoms with Crippen LogP contribution < -0.4 is 5.73 Å². The number of aromatic nitrogens is 2. The number of hydrogen-bond donors (Lipinski definition) is 1. The molecule has 2 aromatic rings. The number of aryl methyl sites for hydroxylation is 1. The first kappa shape index (κ1) is 10.8. The van der Waals surface area contributed by atoms with Gasteiger partial charge in [-0.3, -0.25) is 0 Å². The number of nitrogens with two attached hydrogens (primary N) is 1. The van der Waals surface area contributed by atoms with E-state index in [0.717, 1.165) is 18.4 Å². The van der Waals surface area contributed by atoms with Gasteiger partial charge in [0.2, 0.25) is 5.89 Å². The summed E-state index contributed by atoms with van der Waals surface area (Å²) in [7, 11) is 0. The lowest BCUT2D eigenvalue weighted by molar-refractivity contribution is 0.370. The molecule has 1 aromatic carbocycles. The first-order valence-electron chi connectivity index (χ1n) is 5.44. The van der Waals surface area contributed by atoms with Crippen molar-refractivity contribution in [2.45, 2.75) is 25.8 Å². The van der Waals surface area contributed by atoms with Crippen LogP contribution in [0.2, 0.25) is 0 Å². The second-order valence-electron chi connectivity index (χ2n) is 3.68. The molecule has 2 N–H and O–H groups in total. The van der Waals surface area contributed by atoms with Gasteiger partial charge < -0.3 is 10.3 Å². The van der Waals surface area contributed by atoms with Crippen LogP contribution in [-0.2, 0) is 6.42 Å². The molecule has 2 rings (SSSR count). The van der Waals surface area contributed by atoms with Crippen molar-refractivity contribution in [3.05, 3.63) is 47.6 Å². The summed E-state index contributed by atoms with van der Waals surface area (Å²) in [5, 5.41) is 3.90. The largest absolute Gasteiger partial charge is 0.339 e. The molecule has 1 heterocycles. The number of hydrogen-bond acceptors (Lipinski definition) is 4. The van der Waals surface area contributed by atoms with Gasteiger partial charge >= 0.3 is 0 Å². The predicted molar refractivity (Wildman–Crippen MR) is 60.8 cm³/mol. The minimum atomic E-state index is -0.310. The third-order valence-electron chi connectivity index (χ3n) is 2.38. The average Bonchev–Trinajstić information content (AvgIpc) is 2.78. The average molecular weight is 217 g/mol. The lowest BCUT2D eigenvalue weighted by Crippen LogP contribution is -2.13. The molecule has 0 saturated carbocycles.